The van der Waals surface area contributed by atoms with E-state index < -0.39 is 0 Å². The maximum absolute atomic E-state index is 12.2. The molecule has 0 saturated heterocycles. The van der Waals surface area contributed by atoms with E-state index in [1.807, 2.05) is 12.1 Å². The summed E-state index contributed by atoms with van der Waals surface area (Å²) in [5.74, 6) is 3.81. The van der Waals surface area contributed by atoms with Gasteiger partial charge in [-0.1, -0.05) is 59.2 Å². The Morgan fingerprint density at radius 2 is 1.55 bits per heavy atom. The van der Waals surface area contributed by atoms with Crippen molar-refractivity contribution in [2.75, 3.05) is 14.2 Å². The van der Waals surface area contributed by atoms with E-state index in [2.05, 4.69) is 65.1 Å². The molecule has 1 amide bonds. The van der Waals surface area contributed by atoms with Crippen LogP contribution >= 0.6 is 0 Å². The molecule has 10 atom stereocenters. The summed E-state index contributed by atoms with van der Waals surface area (Å²) in [4.78, 5) is 24.3. The third-order valence-corrected chi connectivity index (χ3v) is 15.0. The van der Waals surface area contributed by atoms with Gasteiger partial charge in [-0.25, -0.2) is 9.59 Å². The average Bonchev–Trinajstić information content (AvgIpc) is 3.11. The van der Waals surface area contributed by atoms with E-state index in [4.69, 9.17) is 9.47 Å². The Morgan fingerprint density at radius 3 is 2.23 bits per heavy atom. The summed E-state index contributed by atoms with van der Waals surface area (Å²) >= 11 is 0. The molecule has 6 rings (SSSR count). The number of benzene rings is 1. The number of fused-ring (bicyclic) bond motifs is 8. The molecule has 1 unspecified atom stereocenters. The molecular formula is C39H57NO4. The standard InChI is InChI=1S/C39H57NO4/c1-24(40-35(42)44-8)28-14-9-25-17-21-38(5)31(29(28)23-25)15-16-33-37(4)20-18-30(26-10-12-27(13-11-26)34(41)43-7)36(2,3)32(37)19-22-39(33,38)6/h10-13,18,24-25,28-29,31-33H,9,14-17,19-23H2,1-8H3,(H,40,42)/t24?,25-,28-,29+,31+,32-,33+,37-,38+,39+/m0/s1. The molecule has 4 fully saturated rings. The molecule has 1 aromatic carbocycles. The Balaban J connectivity index is 1.31. The first-order chi connectivity index (χ1) is 20.8. The smallest absolute Gasteiger partial charge is 0.407 e. The van der Waals surface area contributed by atoms with Gasteiger partial charge in [0.2, 0.25) is 0 Å². The van der Waals surface area contributed by atoms with E-state index in [0.29, 0.717) is 40.1 Å². The zero-order valence-corrected chi connectivity index (χ0v) is 28.6. The van der Waals surface area contributed by atoms with Gasteiger partial charge in [0.15, 0.2) is 0 Å². The van der Waals surface area contributed by atoms with E-state index in [9.17, 15) is 9.59 Å². The molecule has 0 heterocycles. The summed E-state index contributed by atoms with van der Waals surface area (Å²) in [6, 6.07) is 8.24. The predicted molar refractivity (Wildman–Crippen MR) is 176 cm³/mol. The number of hydrogen-bond donors (Lipinski definition) is 1. The Bertz CT molecular complexity index is 1300. The van der Waals surface area contributed by atoms with Crippen LogP contribution in [0.2, 0.25) is 0 Å². The van der Waals surface area contributed by atoms with E-state index in [-0.39, 0.29) is 28.9 Å². The molecule has 44 heavy (non-hydrogen) atoms. The van der Waals surface area contributed by atoms with E-state index in [1.165, 1.54) is 83.1 Å². The molecule has 0 aromatic heterocycles. The second-order valence-corrected chi connectivity index (χ2v) is 16.8. The van der Waals surface area contributed by atoms with Crippen molar-refractivity contribution in [3.8, 4) is 0 Å². The van der Waals surface area contributed by atoms with Crippen LogP contribution in [0.4, 0.5) is 4.79 Å². The van der Waals surface area contributed by atoms with Crippen molar-refractivity contribution >= 4 is 17.6 Å². The van der Waals surface area contributed by atoms with Gasteiger partial charge in [-0.05, 0) is 145 Å². The highest BCUT2D eigenvalue weighted by Crippen LogP contribution is 2.75. The van der Waals surface area contributed by atoms with Crippen LogP contribution in [0.3, 0.4) is 0 Å². The van der Waals surface area contributed by atoms with E-state index in [1.54, 1.807) is 0 Å². The Morgan fingerprint density at radius 1 is 0.841 bits per heavy atom. The van der Waals surface area contributed by atoms with Crippen LogP contribution < -0.4 is 5.32 Å². The lowest BCUT2D eigenvalue weighted by Gasteiger charge is -2.70. The van der Waals surface area contributed by atoms with Crippen molar-refractivity contribution in [1.82, 2.24) is 5.32 Å². The SMILES string of the molecule is COC(=O)NC(C)[C@@H]1CC[C@H]2CC[C@]3(C)[C@H](CC[C@@H]4[C@@]5(C)CC=C(c6ccc(C(=O)OC)cc6)C(C)(C)[C@@H]5CC[C@]43C)[C@@H]1C2. The summed E-state index contributed by atoms with van der Waals surface area (Å²) in [5, 5.41) is 3.19. The molecule has 2 bridgehead atoms. The average molecular weight is 604 g/mol. The van der Waals surface area contributed by atoms with Gasteiger partial charge in [-0.3, -0.25) is 0 Å². The van der Waals surface area contributed by atoms with Crippen molar-refractivity contribution in [3.63, 3.8) is 0 Å². The lowest BCUT2D eigenvalue weighted by Crippen LogP contribution is -2.63. The molecule has 242 valence electrons. The maximum atomic E-state index is 12.2. The largest absolute Gasteiger partial charge is 0.465 e. The Hall–Kier alpha value is -2.30. The fourth-order valence-corrected chi connectivity index (χ4v) is 12.7. The minimum Gasteiger partial charge on any atom is -0.465 e. The molecule has 0 aliphatic heterocycles. The number of alkyl carbamates (subject to hydrolysis) is 1. The topological polar surface area (TPSA) is 64.6 Å². The summed E-state index contributed by atoms with van der Waals surface area (Å²) in [5.41, 5.74) is 4.24. The normalized spacial score (nSPS) is 41.4. The lowest BCUT2D eigenvalue weighted by atomic mass is 9.34. The second kappa shape index (κ2) is 11.2. The minimum atomic E-state index is -0.287. The van der Waals surface area contributed by atoms with Crippen LogP contribution in [0, 0.1) is 57.2 Å². The molecule has 1 aromatic rings. The molecular weight excluding hydrogens is 546 g/mol. The number of amides is 1. The molecule has 5 heteroatoms. The number of carbonyl (C=O) groups excluding carboxylic acids is 2. The lowest BCUT2D eigenvalue weighted by molar-refractivity contribution is -0.201. The number of esters is 1. The van der Waals surface area contributed by atoms with Gasteiger partial charge in [0.1, 0.15) is 0 Å². The molecule has 5 aliphatic carbocycles. The van der Waals surface area contributed by atoms with Crippen LogP contribution in [0.25, 0.3) is 5.57 Å². The van der Waals surface area contributed by atoms with Crippen LogP contribution in [0.15, 0.2) is 30.3 Å². The fraction of sp³-hybridized carbons (Fsp3) is 0.744. The predicted octanol–water partition coefficient (Wildman–Crippen LogP) is 9.31. The van der Waals surface area contributed by atoms with E-state index >= 15 is 0 Å². The van der Waals surface area contributed by atoms with Crippen LogP contribution in [-0.4, -0.2) is 32.3 Å². The molecule has 5 nitrogen and oxygen atoms in total. The number of ether oxygens (including phenoxy) is 2. The third-order valence-electron chi connectivity index (χ3n) is 15.0. The summed E-state index contributed by atoms with van der Waals surface area (Å²) in [7, 11) is 2.92. The summed E-state index contributed by atoms with van der Waals surface area (Å²) < 4.78 is 9.96. The Kier molecular flexibility index (Phi) is 8.06. The zero-order valence-electron chi connectivity index (χ0n) is 28.6. The summed E-state index contributed by atoms with van der Waals surface area (Å²) in [6.45, 7) is 15.3. The first-order valence-corrected chi connectivity index (χ1v) is 17.5. The van der Waals surface area contributed by atoms with Gasteiger partial charge in [-0.15, -0.1) is 0 Å². The van der Waals surface area contributed by atoms with Gasteiger partial charge in [0.05, 0.1) is 19.8 Å². The van der Waals surface area contributed by atoms with Crippen molar-refractivity contribution in [1.29, 1.82) is 0 Å². The van der Waals surface area contributed by atoms with Gasteiger partial charge < -0.3 is 14.8 Å². The van der Waals surface area contributed by atoms with Crippen LogP contribution in [0.1, 0.15) is 122 Å². The zero-order chi connectivity index (χ0) is 31.7. The number of methoxy groups -OCH3 is 2. The minimum absolute atomic E-state index is 0.0545. The highest BCUT2D eigenvalue weighted by Gasteiger charge is 2.67. The maximum Gasteiger partial charge on any atom is 0.407 e. The van der Waals surface area contributed by atoms with Gasteiger partial charge >= 0.3 is 12.1 Å². The monoisotopic (exact) mass is 603 g/mol. The van der Waals surface area contributed by atoms with Crippen molar-refractivity contribution in [2.45, 2.75) is 112 Å². The molecule has 5 aliphatic rings. The highest BCUT2D eigenvalue weighted by atomic mass is 16.5. The fourth-order valence-electron chi connectivity index (χ4n) is 12.7. The van der Waals surface area contributed by atoms with Gasteiger partial charge in [0, 0.05) is 6.04 Å². The number of nitrogens with one attached hydrogen (secondary N) is 1. The first kappa shape index (κ1) is 31.7. The van der Waals surface area contributed by atoms with Crippen molar-refractivity contribution < 1.29 is 19.1 Å². The number of allylic oxidation sites excluding steroid dienone is 2. The molecule has 0 radical (unpaired) electrons. The van der Waals surface area contributed by atoms with Crippen LogP contribution in [0.5, 0.6) is 0 Å². The number of hydrogen-bond acceptors (Lipinski definition) is 4. The molecule has 4 saturated carbocycles. The summed E-state index contributed by atoms with van der Waals surface area (Å²) in [6.07, 6.45) is 15.2. The van der Waals surface area contributed by atoms with E-state index in [0.717, 1.165) is 18.3 Å². The number of rotatable bonds is 4. The first-order valence-electron chi connectivity index (χ1n) is 17.5. The highest BCUT2D eigenvalue weighted by molar-refractivity contribution is 5.89. The van der Waals surface area contributed by atoms with Crippen molar-refractivity contribution in [3.05, 3.63) is 41.5 Å². The third kappa shape index (κ3) is 4.68. The van der Waals surface area contributed by atoms with Crippen LogP contribution in [-0.2, 0) is 9.47 Å². The van der Waals surface area contributed by atoms with Crippen molar-refractivity contribution in [2.24, 2.45) is 57.2 Å². The molecule has 1 N–H and O–H groups in total. The quantitative estimate of drug-likeness (QED) is 0.348. The molecule has 0 spiro atoms. The van der Waals surface area contributed by atoms with Gasteiger partial charge in [-0.2, -0.15) is 0 Å². The second-order valence-electron chi connectivity index (χ2n) is 16.8. The number of carbonyl (C=O) groups is 2. The Labute approximate surface area is 266 Å². The van der Waals surface area contributed by atoms with Gasteiger partial charge in [0.25, 0.3) is 0 Å².